The number of ether oxygens (including phenoxy) is 1. The number of methoxy groups -OCH3 is 1. The van der Waals surface area contributed by atoms with E-state index in [4.69, 9.17) is 10.6 Å². The Bertz CT molecular complexity index is 962. The van der Waals surface area contributed by atoms with Gasteiger partial charge in [0.2, 0.25) is 11.1 Å². The molecule has 3 N–H and O–H groups in total. The SMILES string of the molecule is COc1ccccc1-c1nnc(SC(C)C(=O)Nc2cccc(Br)c2)n1N. The van der Waals surface area contributed by atoms with E-state index in [1.165, 1.54) is 16.4 Å². The highest BCUT2D eigenvalue weighted by atomic mass is 79.9. The van der Waals surface area contributed by atoms with E-state index in [2.05, 4.69) is 31.4 Å². The molecule has 3 rings (SSSR count). The number of nitrogen functional groups attached to an aromatic ring is 1. The molecule has 0 aliphatic carbocycles. The third-order valence-electron chi connectivity index (χ3n) is 3.76. The Kier molecular flexibility index (Phi) is 6.02. The van der Waals surface area contributed by atoms with E-state index in [0.29, 0.717) is 22.4 Å². The van der Waals surface area contributed by atoms with Gasteiger partial charge in [-0.2, -0.15) is 0 Å². The van der Waals surface area contributed by atoms with Gasteiger partial charge in [0.15, 0.2) is 5.82 Å². The van der Waals surface area contributed by atoms with Gasteiger partial charge < -0.3 is 15.9 Å². The normalized spacial score (nSPS) is 11.8. The van der Waals surface area contributed by atoms with Crippen LogP contribution in [0.3, 0.4) is 0 Å². The molecule has 0 fully saturated rings. The quantitative estimate of drug-likeness (QED) is 0.443. The molecule has 0 spiro atoms. The Balaban J connectivity index is 1.74. The molecule has 0 saturated carbocycles. The average molecular weight is 448 g/mol. The van der Waals surface area contributed by atoms with Crippen LogP contribution in [-0.4, -0.2) is 33.1 Å². The molecule has 140 valence electrons. The monoisotopic (exact) mass is 447 g/mol. The number of rotatable bonds is 6. The highest BCUT2D eigenvalue weighted by Gasteiger charge is 2.21. The fraction of sp³-hybridized carbons (Fsp3) is 0.167. The van der Waals surface area contributed by atoms with E-state index in [0.717, 1.165) is 10.0 Å². The smallest absolute Gasteiger partial charge is 0.237 e. The maximum Gasteiger partial charge on any atom is 0.237 e. The van der Waals surface area contributed by atoms with Gasteiger partial charge in [0.1, 0.15) is 5.75 Å². The zero-order valence-corrected chi connectivity index (χ0v) is 17.1. The summed E-state index contributed by atoms with van der Waals surface area (Å²) in [6.45, 7) is 1.79. The molecule has 0 saturated heterocycles. The summed E-state index contributed by atoms with van der Waals surface area (Å²) in [6, 6.07) is 14.8. The Hall–Kier alpha value is -2.52. The summed E-state index contributed by atoms with van der Waals surface area (Å²) in [5.41, 5.74) is 1.44. The minimum Gasteiger partial charge on any atom is -0.496 e. The molecule has 1 aromatic heterocycles. The van der Waals surface area contributed by atoms with Crippen LogP contribution in [-0.2, 0) is 4.79 Å². The number of carbonyl (C=O) groups excluding carboxylic acids is 1. The standard InChI is InChI=1S/C18H18BrN5O2S/c1-11(17(25)21-13-7-5-6-12(19)10-13)27-18-23-22-16(24(18)20)14-8-3-4-9-15(14)26-2/h3-11H,20H2,1-2H3,(H,21,25). The topological polar surface area (TPSA) is 95.1 Å². The lowest BCUT2D eigenvalue weighted by atomic mass is 10.2. The molecule has 0 aliphatic heterocycles. The number of aromatic nitrogens is 3. The van der Waals surface area contributed by atoms with Crippen molar-refractivity contribution in [2.75, 3.05) is 18.3 Å². The number of nitrogens with zero attached hydrogens (tertiary/aromatic N) is 3. The van der Waals surface area contributed by atoms with Crippen molar-refractivity contribution in [3.05, 3.63) is 53.0 Å². The molecule has 7 nitrogen and oxygen atoms in total. The molecule has 27 heavy (non-hydrogen) atoms. The van der Waals surface area contributed by atoms with Crippen molar-refractivity contribution in [1.29, 1.82) is 0 Å². The first-order valence-electron chi connectivity index (χ1n) is 8.06. The van der Waals surface area contributed by atoms with E-state index in [-0.39, 0.29) is 5.91 Å². The van der Waals surface area contributed by atoms with Crippen LogP contribution in [0.5, 0.6) is 5.75 Å². The van der Waals surface area contributed by atoms with Gasteiger partial charge >= 0.3 is 0 Å². The van der Waals surface area contributed by atoms with Gasteiger partial charge in [0, 0.05) is 10.2 Å². The number of thioether (sulfide) groups is 1. The number of benzene rings is 2. The Labute approximate surface area is 169 Å². The number of nitrogens with two attached hydrogens (primary N) is 1. The van der Waals surface area contributed by atoms with Crippen molar-refractivity contribution in [3.63, 3.8) is 0 Å². The second-order valence-corrected chi connectivity index (χ2v) is 7.86. The van der Waals surface area contributed by atoms with Crippen molar-refractivity contribution < 1.29 is 9.53 Å². The van der Waals surface area contributed by atoms with Crippen LogP contribution in [0.4, 0.5) is 5.69 Å². The van der Waals surface area contributed by atoms with Crippen LogP contribution in [0.25, 0.3) is 11.4 Å². The van der Waals surface area contributed by atoms with Gasteiger partial charge in [0.25, 0.3) is 0 Å². The molecule has 2 aromatic carbocycles. The minimum absolute atomic E-state index is 0.153. The first-order chi connectivity index (χ1) is 13.0. The molecule has 1 atom stereocenters. The van der Waals surface area contributed by atoms with Crippen molar-refractivity contribution in [3.8, 4) is 17.1 Å². The highest BCUT2D eigenvalue weighted by molar-refractivity contribution is 9.10. The average Bonchev–Trinajstić information content (AvgIpc) is 3.02. The van der Waals surface area contributed by atoms with E-state index >= 15 is 0 Å². The Morgan fingerprint density at radius 3 is 2.78 bits per heavy atom. The summed E-state index contributed by atoms with van der Waals surface area (Å²) in [7, 11) is 1.58. The van der Waals surface area contributed by atoms with Gasteiger partial charge in [-0.05, 0) is 37.3 Å². The van der Waals surface area contributed by atoms with Crippen LogP contribution in [0, 0.1) is 0 Å². The fourth-order valence-corrected chi connectivity index (χ4v) is 3.56. The molecule has 0 radical (unpaired) electrons. The van der Waals surface area contributed by atoms with Crippen molar-refractivity contribution >= 4 is 39.3 Å². The molecule has 1 heterocycles. The summed E-state index contributed by atoms with van der Waals surface area (Å²) < 4.78 is 7.61. The van der Waals surface area contributed by atoms with Crippen LogP contribution >= 0.6 is 27.7 Å². The number of amides is 1. The largest absolute Gasteiger partial charge is 0.496 e. The minimum atomic E-state index is -0.416. The predicted octanol–water partition coefficient (Wildman–Crippen LogP) is 3.55. The number of carbonyl (C=O) groups is 1. The highest BCUT2D eigenvalue weighted by Crippen LogP contribution is 2.30. The predicted molar refractivity (Wildman–Crippen MR) is 110 cm³/mol. The van der Waals surface area contributed by atoms with Gasteiger partial charge in [-0.3, -0.25) is 4.79 Å². The molecular weight excluding hydrogens is 430 g/mol. The lowest BCUT2D eigenvalue weighted by Gasteiger charge is -2.12. The van der Waals surface area contributed by atoms with E-state index < -0.39 is 5.25 Å². The number of nitrogens with one attached hydrogen (secondary N) is 1. The molecule has 9 heteroatoms. The summed E-state index contributed by atoms with van der Waals surface area (Å²) in [5, 5.41) is 11.2. The van der Waals surface area contributed by atoms with E-state index in [1.807, 2.05) is 48.5 Å². The summed E-state index contributed by atoms with van der Waals surface area (Å²) in [6.07, 6.45) is 0. The van der Waals surface area contributed by atoms with Crippen molar-refractivity contribution in [2.24, 2.45) is 0 Å². The van der Waals surface area contributed by atoms with Gasteiger partial charge in [-0.15, -0.1) is 10.2 Å². The summed E-state index contributed by atoms with van der Waals surface area (Å²) in [5.74, 6) is 7.12. The van der Waals surface area contributed by atoms with Crippen molar-refractivity contribution in [1.82, 2.24) is 14.9 Å². The molecular formula is C18H18BrN5O2S. The van der Waals surface area contributed by atoms with Crippen LogP contribution in [0.15, 0.2) is 58.2 Å². The third kappa shape index (κ3) is 4.42. The maximum atomic E-state index is 12.5. The van der Waals surface area contributed by atoms with Gasteiger partial charge in [-0.25, -0.2) is 4.68 Å². The number of para-hydroxylation sites is 1. The second kappa shape index (κ2) is 8.45. The zero-order valence-electron chi connectivity index (χ0n) is 14.7. The fourth-order valence-electron chi connectivity index (χ4n) is 2.39. The second-order valence-electron chi connectivity index (χ2n) is 5.64. The number of hydrogen-bond donors (Lipinski definition) is 2. The van der Waals surface area contributed by atoms with Crippen molar-refractivity contribution in [2.45, 2.75) is 17.3 Å². The number of halogens is 1. The molecule has 1 unspecified atom stereocenters. The first-order valence-corrected chi connectivity index (χ1v) is 9.74. The van der Waals surface area contributed by atoms with E-state index in [9.17, 15) is 4.79 Å². The van der Waals surface area contributed by atoms with Crippen LogP contribution in [0.1, 0.15) is 6.92 Å². The van der Waals surface area contributed by atoms with Gasteiger partial charge in [0.05, 0.1) is 17.9 Å². The summed E-state index contributed by atoms with van der Waals surface area (Å²) in [4.78, 5) is 12.5. The number of anilines is 1. The first kappa shape index (κ1) is 19.2. The molecule has 0 aliphatic rings. The van der Waals surface area contributed by atoms with E-state index in [1.54, 1.807) is 14.0 Å². The zero-order chi connectivity index (χ0) is 19.4. The molecule has 1 amide bonds. The van der Waals surface area contributed by atoms with Gasteiger partial charge in [-0.1, -0.05) is 45.9 Å². The summed E-state index contributed by atoms with van der Waals surface area (Å²) >= 11 is 4.61. The third-order valence-corrected chi connectivity index (χ3v) is 5.31. The molecule has 0 bridgehead atoms. The lowest BCUT2D eigenvalue weighted by Crippen LogP contribution is -2.23. The maximum absolute atomic E-state index is 12.5. The molecule has 3 aromatic rings. The Morgan fingerprint density at radius 2 is 2.04 bits per heavy atom. The Morgan fingerprint density at radius 1 is 1.26 bits per heavy atom. The van der Waals surface area contributed by atoms with Crippen LogP contribution in [0.2, 0.25) is 0 Å². The van der Waals surface area contributed by atoms with Crippen LogP contribution < -0.4 is 15.9 Å². The number of hydrogen-bond acceptors (Lipinski definition) is 6. The lowest BCUT2D eigenvalue weighted by molar-refractivity contribution is -0.115.